The molecule has 0 heterocycles. The lowest BCUT2D eigenvalue weighted by Crippen LogP contribution is -2.02. The zero-order valence-electron chi connectivity index (χ0n) is 10.5. The van der Waals surface area contributed by atoms with Crippen molar-refractivity contribution in [2.45, 2.75) is 6.92 Å². The van der Waals surface area contributed by atoms with Crippen molar-refractivity contribution in [1.82, 2.24) is 0 Å². The number of aryl methyl sites for hydroxylation is 1. The van der Waals surface area contributed by atoms with E-state index in [1.807, 2.05) is 0 Å². The molecule has 19 heavy (non-hydrogen) atoms. The van der Waals surface area contributed by atoms with Crippen LogP contribution in [0.2, 0.25) is 0 Å². The van der Waals surface area contributed by atoms with E-state index >= 15 is 0 Å². The van der Waals surface area contributed by atoms with Crippen LogP contribution in [0.15, 0.2) is 36.4 Å². The summed E-state index contributed by atoms with van der Waals surface area (Å²) in [6.07, 6.45) is 0. The van der Waals surface area contributed by atoms with Crippen molar-refractivity contribution in [2.24, 2.45) is 0 Å². The average Bonchev–Trinajstić information content (AvgIpc) is 2.40. The molecule has 0 unspecified atom stereocenters. The van der Waals surface area contributed by atoms with Gasteiger partial charge >= 0.3 is 5.97 Å². The predicted octanol–water partition coefficient (Wildman–Crippen LogP) is 3.73. The highest BCUT2D eigenvalue weighted by atomic mass is 19.1. The fourth-order valence-electron chi connectivity index (χ4n) is 1.82. The smallest absolute Gasteiger partial charge is 0.337 e. The van der Waals surface area contributed by atoms with Crippen molar-refractivity contribution in [3.8, 4) is 11.1 Å². The van der Waals surface area contributed by atoms with E-state index in [2.05, 4.69) is 4.74 Å². The lowest BCUT2D eigenvalue weighted by molar-refractivity contribution is 0.0600. The van der Waals surface area contributed by atoms with Gasteiger partial charge in [-0.15, -0.1) is 0 Å². The van der Waals surface area contributed by atoms with Gasteiger partial charge in [-0.05, 0) is 53.9 Å². The van der Waals surface area contributed by atoms with Gasteiger partial charge in [0.2, 0.25) is 0 Å². The summed E-state index contributed by atoms with van der Waals surface area (Å²) in [5.41, 5.74) is 1.73. The number of benzene rings is 2. The van der Waals surface area contributed by atoms with E-state index in [-0.39, 0.29) is 11.4 Å². The van der Waals surface area contributed by atoms with Crippen LogP contribution in [0.5, 0.6) is 0 Å². The van der Waals surface area contributed by atoms with Crippen LogP contribution in [0.25, 0.3) is 11.1 Å². The van der Waals surface area contributed by atoms with Crippen molar-refractivity contribution in [3.05, 3.63) is 59.2 Å². The molecule has 2 rings (SSSR count). The van der Waals surface area contributed by atoms with Gasteiger partial charge in [0.15, 0.2) is 0 Å². The highest BCUT2D eigenvalue weighted by molar-refractivity contribution is 5.91. The number of carbonyl (C=O) groups excluding carboxylic acids is 1. The zero-order chi connectivity index (χ0) is 14.0. The second kappa shape index (κ2) is 5.18. The summed E-state index contributed by atoms with van der Waals surface area (Å²) in [5.74, 6) is -1.48. The van der Waals surface area contributed by atoms with E-state index in [1.165, 1.54) is 31.4 Å². The van der Waals surface area contributed by atoms with Crippen molar-refractivity contribution < 1.29 is 18.3 Å². The molecule has 0 aliphatic carbocycles. The predicted molar refractivity (Wildman–Crippen MR) is 67.9 cm³/mol. The third-order valence-electron chi connectivity index (χ3n) is 2.81. The number of carbonyl (C=O) groups is 1. The quantitative estimate of drug-likeness (QED) is 0.771. The van der Waals surface area contributed by atoms with Crippen LogP contribution in [0, 0.1) is 18.6 Å². The molecule has 0 amide bonds. The molecule has 0 aromatic heterocycles. The van der Waals surface area contributed by atoms with Gasteiger partial charge in [-0.2, -0.15) is 0 Å². The maximum Gasteiger partial charge on any atom is 0.337 e. The minimum absolute atomic E-state index is 0.125. The van der Waals surface area contributed by atoms with Gasteiger partial charge in [0, 0.05) is 0 Å². The molecule has 2 aromatic carbocycles. The van der Waals surface area contributed by atoms with Crippen LogP contribution in [0.3, 0.4) is 0 Å². The molecule has 0 spiro atoms. The van der Waals surface area contributed by atoms with Gasteiger partial charge in [-0.3, -0.25) is 0 Å². The number of ether oxygens (including phenoxy) is 1. The highest BCUT2D eigenvalue weighted by Crippen LogP contribution is 2.24. The maximum absolute atomic E-state index is 13.5. The van der Waals surface area contributed by atoms with Gasteiger partial charge in [0.1, 0.15) is 11.6 Å². The third-order valence-corrected chi connectivity index (χ3v) is 2.81. The molecule has 0 bridgehead atoms. The Kier molecular flexibility index (Phi) is 3.60. The summed E-state index contributed by atoms with van der Waals surface area (Å²) >= 11 is 0. The average molecular weight is 262 g/mol. The molecule has 2 aromatic rings. The summed E-state index contributed by atoms with van der Waals surface area (Å²) in [5, 5.41) is 0. The molecule has 0 aliphatic heterocycles. The van der Waals surface area contributed by atoms with E-state index in [4.69, 9.17) is 0 Å². The van der Waals surface area contributed by atoms with Crippen molar-refractivity contribution in [2.75, 3.05) is 7.11 Å². The number of esters is 1. The monoisotopic (exact) mass is 262 g/mol. The zero-order valence-corrected chi connectivity index (χ0v) is 10.5. The number of hydrogen-bond donors (Lipinski definition) is 0. The topological polar surface area (TPSA) is 26.3 Å². The van der Waals surface area contributed by atoms with Crippen molar-refractivity contribution >= 4 is 5.97 Å². The third kappa shape index (κ3) is 2.78. The standard InChI is InChI=1S/C15H12F2O2/c1-9-5-10(3-4-14(9)17)11-6-12(15(18)19-2)8-13(16)7-11/h3-8H,1-2H3. The first kappa shape index (κ1) is 13.2. The molecule has 0 saturated carbocycles. The first-order valence-electron chi connectivity index (χ1n) is 5.66. The minimum Gasteiger partial charge on any atom is -0.465 e. The van der Waals surface area contributed by atoms with Crippen LogP contribution >= 0.6 is 0 Å². The summed E-state index contributed by atoms with van der Waals surface area (Å²) in [6.45, 7) is 1.62. The van der Waals surface area contributed by atoms with Crippen LogP contribution < -0.4 is 0 Å². The Hall–Kier alpha value is -2.23. The van der Waals surface area contributed by atoms with E-state index in [9.17, 15) is 13.6 Å². The first-order valence-corrected chi connectivity index (χ1v) is 5.66. The number of rotatable bonds is 2. The van der Waals surface area contributed by atoms with Crippen LogP contribution in [-0.4, -0.2) is 13.1 Å². The van der Waals surface area contributed by atoms with E-state index < -0.39 is 11.8 Å². The largest absolute Gasteiger partial charge is 0.465 e. The molecule has 0 radical (unpaired) electrons. The lowest BCUT2D eigenvalue weighted by Gasteiger charge is -2.07. The fraction of sp³-hybridized carbons (Fsp3) is 0.133. The second-order valence-corrected chi connectivity index (χ2v) is 4.18. The Balaban J connectivity index is 2.52. The van der Waals surface area contributed by atoms with Crippen LogP contribution in [0.4, 0.5) is 8.78 Å². The summed E-state index contributed by atoms with van der Waals surface area (Å²) < 4.78 is 31.3. The van der Waals surface area contributed by atoms with Crippen molar-refractivity contribution in [1.29, 1.82) is 0 Å². The van der Waals surface area contributed by atoms with E-state index in [0.29, 0.717) is 16.7 Å². The molecule has 0 fully saturated rings. The van der Waals surface area contributed by atoms with E-state index in [1.54, 1.807) is 13.0 Å². The fourth-order valence-corrected chi connectivity index (χ4v) is 1.82. The van der Waals surface area contributed by atoms with Gasteiger partial charge in [0.05, 0.1) is 12.7 Å². The number of halogens is 2. The van der Waals surface area contributed by atoms with Gasteiger partial charge < -0.3 is 4.74 Å². The number of methoxy groups -OCH3 is 1. The van der Waals surface area contributed by atoms with Gasteiger partial charge in [-0.25, -0.2) is 13.6 Å². The van der Waals surface area contributed by atoms with Gasteiger partial charge in [0.25, 0.3) is 0 Å². The molecule has 0 saturated heterocycles. The maximum atomic E-state index is 13.5. The highest BCUT2D eigenvalue weighted by Gasteiger charge is 2.10. The molecule has 98 valence electrons. The van der Waals surface area contributed by atoms with Crippen molar-refractivity contribution in [3.63, 3.8) is 0 Å². The Morgan fingerprint density at radius 1 is 1.05 bits per heavy atom. The first-order chi connectivity index (χ1) is 9.01. The number of hydrogen-bond acceptors (Lipinski definition) is 2. The summed E-state index contributed by atoms with van der Waals surface area (Å²) in [7, 11) is 1.23. The van der Waals surface area contributed by atoms with Gasteiger partial charge in [-0.1, -0.05) is 6.07 Å². The molecule has 2 nitrogen and oxygen atoms in total. The van der Waals surface area contributed by atoms with Crippen LogP contribution in [0.1, 0.15) is 15.9 Å². The minimum atomic E-state index is -0.611. The molecule has 0 N–H and O–H groups in total. The van der Waals surface area contributed by atoms with Crippen LogP contribution in [-0.2, 0) is 4.74 Å². The Morgan fingerprint density at radius 2 is 1.79 bits per heavy atom. The Morgan fingerprint density at radius 3 is 2.42 bits per heavy atom. The Labute approximate surface area is 109 Å². The molecule has 0 aliphatic rings. The molecular weight excluding hydrogens is 250 g/mol. The van der Waals surface area contributed by atoms with E-state index in [0.717, 1.165) is 6.07 Å². The summed E-state index contributed by atoms with van der Waals surface area (Å²) in [4.78, 5) is 11.4. The molecule has 4 heteroatoms. The lowest BCUT2D eigenvalue weighted by atomic mass is 10.0. The normalized spacial score (nSPS) is 10.3. The molecular formula is C15H12F2O2. The SMILES string of the molecule is COC(=O)c1cc(F)cc(-c2ccc(F)c(C)c2)c1. The Bertz CT molecular complexity index is 636. The molecule has 0 atom stereocenters. The summed E-state index contributed by atoms with van der Waals surface area (Å²) in [6, 6.07) is 8.36. The second-order valence-electron chi connectivity index (χ2n) is 4.18.